The number of nitrogens with zero attached hydrogens (tertiary/aromatic N) is 7. The average Bonchev–Trinajstić information content (AvgIpc) is 1.61. The van der Waals surface area contributed by atoms with Crippen LogP contribution in [0.25, 0.3) is 101 Å². The predicted octanol–water partition coefficient (Wildman–Crippen LogP) is 20.8. The summed E-state index contributed by atoms with van der Waals surface area (Å²) in [6, 6.07) is 108. The number of aromatic nitrogens is 6. The molecule has 2 N–H and O–H groups in total. The molecule has 4 heterocycles. The first-order chi connectivity index (χ1) is 49.0. The molecule has 12 aromatic carbocycles. The molecule has 0 saturated heterocycles. The Kier molecular flexibility index (Phi) is 22.1. The topological polar surface area (TPSA) is 216 Å². The Balaban J connectivity index is 0.000000133. The monoisotopic (exact) mass is 1440 g/mol. The smallest absolute Gasteiger partial charge is 0.248 e. The van der Waals surface area contributed by atoms with Gasteiger partial charge in [0.2, 0.25) is 23.6 Å². The molecule has 0 bridgehead atoms. The van der Waals surface area contributed by atoms with Gasteiger partial charge in [0.1, 0.15) is 16.3 Å². The van der Waals surface area contributed by atoms with E-state index in [-0.39, 0.29) is 0 Å². The fourth-order valence-electron chi connectivity index (χ4n) is 11.1. The first kappa shape index (κ1) is 66.3. The lowest BCUT2D eigenvalue weighted by Crippen LogP contribution is -2.09. The maximum Gasteiger partial charge on any atom is 0.248 e. The van der Waals surface area contributed by atoms with Crippen LogP contribution in [0.5, 0.6) is 0 Å². The zero-order chi connectivity index (χ0) is 67.4. The Morgan fingerprint density at radius 3 is 1.17 bits per heavy atom. The Morgan fingerprint density at radius 1 is 0.323 bits per heavy atom. The lowest BCUT2D eigenvalue weighted by molar-refractivity contribution is -0.851. The molecule has 0 radical (unpaired) electrons. The fraction of sp³-hybridized carbons (Fsp3) is 0. The van der Waals surface area contributed by atoms with Gasteiger partial charge in [-0.3, -0.25) is 0 Å². The van der Waals surface area contributed by atoms with Gasteiger partial charge in [-0.2, -0.15) is 0 Å². The third kappa shape index (κ3) is 16.2. The van der Waals surface area contributed by atoms with Gasteiger partial charge in [0.05, 0.1) is 22.1 Å². The van der Waals surface area contributed by atoms with Crippen LogP contribution in [0.3, 0.4) is 0 Å². The van der Waals surface area contributed by atoms with Crippen molar-refractivity contribution in [2.45, 2.75) is 0 Å². The van der Waals surface area contributed by atoms with E-state index in [9.17, 15) is 0 Å². The van der Waals surface area contributed by atoms with E-state index in [0.29, 0.717) is 23.6 Å². The lowest BCUT2D eigenvalue weighted by Gasteiger charge is -2.25. The largest absolute Gasteiger partial charge is 0.416 e. The molecule has 0 saturated carbocycles. The molecule has 4 aromatic heterocycles. The molecule has 0 aliphatic carbocycles. The second-order valence-corrected chi connectivity index (χ2v) is 22.4. The molecule has 99 heavy (non-hydrogen) atoms. The molecule has 0 unspecified atom stereocenters. The van der Waals surface area contributed by atoms with Gasteiger partial charge in [-0.15, -0.1) is 24.4 Å². The van der Waals surface area contributed by atoms with Crippen molar-refractivity contribution in [2.75, 3.05) is 10.2 Å². The number of para-hydroxylation sites is 6. The molecule has 0 amide bonds. The summed E-state index contributed by atoms with van der Waals surface area (Å²) in [6.45, 7) is 0. The maximum absolute atomic E-state index is 7.42. The molecule has 21 nitrogen and oxygen atoms in total. The highest BCUT2D eigenvalue weighted by molar-refractivity contribution is 9.10. The van der Waals surface area contributed by atoms with Gasteiger partial charge in [0.15, 0.2) is 0 Å². The van der Waals surface area contributed by atoms with Crippen LogP contribution in [-0.2, 0) is 49.3 Å². The highest BCUT2D eigenvalue weighted by atomic mass is 79.9. The van der Waals surface area contributed by atoms with Crippen LogP contribution in [0.4, 0.5) is 28.4 Å². The minimum atomic E-state index is 0.492. The van der Waals surface area contributed by atoms with Crippen molar-refractivity contribution < 1.29 is 63.4 Å². The van der Waals surface area contributed by atoms with E-state index in [1.165, 1.54) is 49.3 Å². The van der Waals surface area contributed by atoms with E-state index < -0.39 is 0 Å². The van der Waals surface area contributed by atoms with Gasteiger partial charge in [-0.1, -0.05) is 162 Å². The van der Waals surface area contributed by atoms with Crippen LogP contribution >= 0.6 is 32.2 Å². The SMILES string of the molecule is Brc1ccc(-c2nnc(-c3ccccc3)o2)cc1.OOOOOOOOOOOBr.c1ccc(-c2nnc(-c3ccc(N(c4ccccc4)c4ccc5c(c4)c4ccccc4n5-c4ccccc4)cc3)o2)cc1.c1ccc(Nc2ccc3c(c2)c2ccccc2n3-c2ccccc2)cc1. The summed E-state index contributed by atoms with van der Waals surface area (Å²) >= 11 is 5.70. The summed E-state index contributed by atoms with van der Waals surface area (Å²) in [4.78, 5) is 2.28. The first-order valence-electron chi connectivity index (χ1n) is 30.4. The third-order valence-electron chi connectivity index (χ3n) is 15.3. The Hall–Kier alpha value is -11.4. The van der Waals surface area contributed by atoms with Crippen LogP contribution in [0.1, 0.15) is 0 Å². The van der Waals surface area contributed by atoms with E-state index in [4.69, 9.17) is 14.1 Å². The Morgan fingerprint density at radius 2 is 0.687 bits per heavy atom. The van der Waals surface area contributed by atoms with E-state index in [1.807, 2.05) is 121 Å². The molecule has 16 rings (SSSR count). The normalized spacial score (nSPS) is 11.0. The summed E-state index contributed by atoms with van der Waals surface area (Å²) in [5, 5.41) is 62.9. The molecule has 490 valence electrons. The van der Waals surface area contributed by atoms with E-state index in [2.05, 4.69) is 315 Å². The van der Waals surface area contributed by atoms with Gasteiger partial charge in [0.25, 0.3) is 0 Å². The van der Waals surface area contributed by atoms with Gasteiger partial charge >= 0.3 is 0 Å². The first-order valence-corrected chi connectivity index (χ1v) is 31.8. The van der Waals surface area contributed by atoms with Crippen LogP contribution in [-0.4, -0.2) is 34.8 Å². The van der Waals surface area contributed by atoms with E-state index in [1.54, 1.807) is 0 Å². The number of hydrogen-bond acceptors (Lipinski definition) is 19. The maximum atomic E-state index is 7.42. The molecule has 0 aliphatic heterocycles. The van der Waals surface area contributed by atoms with E-state index in [0.717, 1.165) is 60.9 Å². The van der Waals surface area contributed by atoms with Gasteiger partial charge in [0, 0.05) is 88.1 Å². The highest BCUT2D eigenvalue weighted by Crippen LogP contribution is 2.41. The summed E-state index contributed by atoms with van der Waals surface area (Å²) in [6.07, 6.45) is 0. The molecule has 0 atom stereocenters. The van der Waals surface area contributed by atoms with Crippen molar-refractivity contribution in [3.63, 3.8) is 0 Å². The van der Waals surface area contributed by atoms with Crippen molar-refractivity contribution in [3.8, 4) is 57.2 Å². The molecular formula is C76H54Br2N8O13. The molecule has 0 fully saturated rings. The highest BCUT2D eigenvalue weighted by Gasteiger charge is 2.19. The second-order valence-electron chi connectivity index (χ2n) is 21.3. The van der Waals surface area contributed by atoms with Crippen molar-refractivity contribution in [3.05, 3.63) is 320 Å². The average molecular weight is 1450 g/mol. The number of hydrogen-bond donors (Lipinski definition) is 2. The van der Waals surface area contributed by atoms with Crippen LogP contribution < -0.4 is 10.2 Å². The van der Waals surface area contributed by atoms with Gasteiger partial charge < -0.3 is 28.2 Å². The molecule has 23 heteroatoms. The minimum Gasteiger partial charge on any atom is -0.416 e. The molecular weight excluding hydrogens is 1390 g/mol. The fourth-order valence-corrected chi connectivity index (χ4v) is 11.4. The molecule has 16 aromatic rings. The van der Waals surface area contributed by atoms with E-state index >= 15 is 0 Å². The number of anilines is 5. The Labute approximate surface area is 581 Å². The number of nitrogens with one attached hydrogen (secondary N) is 1. The zero-order valence-electron chi connectivity index (χ0n) is 51.8. The molecule has 0 aliphatic rings. The zero-order valence-corrected chi connectivity index (χ0v) is 54.9. The van der Waals surface area contributed by atoms with Crippen LogP contribution in [0.15, 0.2) is 329 Å². The lowest BCUT2D eigenvalue weighted by atomic mass is 10.1. The van der Waals surface area contributed by atoms with Gasteiger partial charge in [-0.05, 0) is 215 Å². The minimum absolute atomic E-state index is 0.492. The second kappa shape index (κ2) is 33.1. The summed E-state index contributed by atoms with van der Waals surface area (Å²) in [7, 11) is 0. The third-order valence-corrected chi connectivity index (χ3v) is 15.9. The quantitative estimate of drug-likeness (QED) is 0.0412. The van der Waals surface area contributed by atoms with Crippen molar-refractivity contribution in [1.29, 1.82) is 0 Å². The summed E-state index contributed by atoms with van der Waals surface area (Å²) < 4.78 is 21.0. The Bertz CT molecular complexity index is 5170. The van der Waals surface area contributed by atoms with Crippen molar-refractivity contribution >= 4 is 104 Å². The predicted molar refractivity (Wildman–Crippen MR) is 380 cm³/mol. The van der Waals surface area contributed by atoms with Crippen LogP contribution in [0.2, 0.25) is 0 Å². The van der Waals surface area contributed by atoms with Crippen molar-refractivity contribution in [1.82, 2.24) is 29.5 Å². The number of fused-ring (bicyclic) bond motifs is 6. The molecule has 0 spiro atoms. The van der Waals surface area contributed by atoms with Gasteiger partial charge in [-0.25, -0.2) is 5.26 Å². The summed E-state index contributed by atoms with van der Waals surface area (Å²) in [5.41, 5.74) is 16.1. The van der Waals surface area contributed by atoms with Crippen LogP contribution in [0, 0.1) is 0 Å². The number of halogens is 2. The van der Waals surface area contributed by atoms with Crippen molar-refractivity contribution in [2.24, 2.45) is 0 Å². The number of rotatable bonds is 20. The standard InChI is InChI=1S/C38H26N4O.C24H18N2.C14H9BrN2O.BrHO11/c1-4-12-27(13-5-1)37-39-40-38(43-37)28-20-22-31(23-21-28)41(29-14-6-2-7-15-29)32-24-25-36-34(26-32)33-18-10-11-19-35(33)42(36)30-16-8-3-9-17-30;1-3-9-18(10-4-1)25-19-15-16-24-22(17-19)21-13-7-8-14-23(21)26(24)20-11-5-2-6-12-20;15-12-8-6-11(7-9-12)14-17-16-13(18-14)10-4-2-1-3-5-10;1-3-5-7-9-11-12-10-8-6-4-2/h1-26H;1-17,25H;1-9H;2H. The summed E-state index contributed by atoms with van der Waals surface area (Å²) in [5.74, 6) is 2.07. The number of benzene rings is 12.